The van der Waals surface area contributed by atoms with E-state index >= 15 is 0 Å². The molecule has 1 aromatic carbocycles. The maximum absolute atomic E-state index is 13.8. The normalized spacial score (nSPS) is 21.6. The van der Waals surface area contributed by atoms with E-state index in [0.717, 1.165) is 31.4 Å². The van der Waals surface area contributed by atoms with Crippen molar-refractivity contribution in [3.63, 3.8) is 0 Å². The van der Waals surface area contributed by atoms with Crippen LogP contribution in [0.4, 0.5) is 8.78 Å². The van der Waals surface area contributed by atoms with Crippen molar-refractivity contribution in [1.29, 1.82) is 0 Å². The predicted molar refractivity (Wildman–Crippen MR) is 87.8 cm³/mol. The molecule has 1 saturated carbocycles. The molecule has 2 N–H and O–H groups in total. The Morgan fingerprint density at radius 3 is 2.62 bits per heavy atom. The van der Waals surface area contributed by atoms with Crippen molar-refractivity contribution in [2.24, 2.45) is 5.92 Å². The number of halogens is 2. The van der Waals surface area contributed by atoms with Crippen LogP contribution < -0.4 is 5.32 Å². The molecule has 24 heavy (non-hydrogen) atoms. The number of hydrogen-bond donors (Lipinski definition) is 2. The number of para-hydroxylation sites is 1. The van der Waals surface area contributed by atoms with Crippen molar-refractivity contribution in [3.8, 4) is 5.69 Å². The van der Waals surface area contributed by atoms with Crippen LogP contribution in [0.2, 0.25) is 0 Å². The fraction of sp³-hybridized carbons (Fsp3) is 0.500. The van der Waals surface area contributed by atoms with Crippen LogP contribution in [-0.2, 0) is 6.54 Å². The van der Waals surface area contributed by atoms with Gasteiger partial charge >= 0.3 is 0 Å². The second kappa shape index (κ2) is 7.85. The summed E-state index contributed by atoms with van der Waals surface area (Å²) >= 11 is 0. The Labute approximate surface area is 140 Å². The summed E-state index contributed by atoms with van der Waals surface area (Å²) in [6.07, 6.45) is 7.15. The van der Waals surface area contributed by atoms with Crippen LogP contribution in [0.25, 0.3) is 5.69 Å². The Morgan fingerprint density at radius 1 is 1.12 bits per heavy atom. The molecule has 2 atom stereocenters. The fourth-order valence-corrected chi connectivity index (χ4v) is 3.40. The Kier molecular flexibility index (Phi) is 5.58. The van der Waals surface area contributed by atoms with Gasteiger partial charge in [-0.15, -0.1) is 0 Å². The average molecular weight is 335 g/mol. The zero-order valence-corrected chi connectivity index (χ0v) is 13.6. The van der Waals surface area contributed by atoms with E-state index in [1.165, 1.54) is 29.3 Å². The van der Waals surface area contributed by atoms with Crippen LogP contribution in [-0.4, -0.2) is 27.5 Å². The number of nitrogens with one attached hydrogen (secondary N) is 1. The average Bonchev–Trinajstić information content (AvgIpc) is 2.90. The molecule has 1 fully saturated rings. The Hall–Kier alpha value is -1.79. The highest BCUT2D eigenvalue weighted by Crippen LogP contribution is 2.23. The van der Waals surface area contributed by atoms with Crippen molar-refractivity contribution >= 4 is 0 Å². The lowest BCUT2D eigenvalue weighted by molar-refractivity contribution is 0.180. The molecule has 0 radical (unpaired) electrons. The van der Waals surface area contributed by atoms with Crippen LogP contribution in [0.1, 0.15) is 37.8 Å². The van der Waals surface area contributed by atoms with Gasteiger partial charge in [0.2, 0.25) is 0 Å². The van der Waals surface area contributed by atoms with Crippen LogP contribution in [0.3, 0.4) is 0 Å². The molecule has 1 aliphatic rings. The van der Waals surface area contributed by atoms with Crippen LogP contribution >= 0.6 is 0 Å². The Balaban J connectivity index is 1.68. The molecule has 3 rings (SSSR count). The number of rotatable bonds is 5. The summed E-state index contributed by atoms with van der Waals surface area (Å²) in [5.74, 6) is -1.01. The van der Waals surface area contributed by atoms with E-state index in [1.54, 1.807) is 12.3 Å². The highest BCUT2D eigenvalue weighted by molar-refractivity contribution is 5.34. The number of aliphatic hydroxyl groups is 1. The number of nitrogens with zero attached hydrogens (tertiary/aromatic N) is 2. The number of benzene rings is 1. The molecule has 6 heteroatoms. The summed E-state index contributed by atoms with van der Waals surface area (Å²) in [6.45, 7) is 0.705. The first-order valence-electron chi connectivity index (χ1n) is 8.52. The van der Waals surface area contributed by atoms with Gasteiger partial charge in [-0.05, 0) is 37.0 Å². The molecule has 1 aliphatic carbocycles. The van der Waals surface area contributed by atoms with Crippen molar-refractivity contribution in [2.45, 2.75) is 44.7 Å². The SMILES string of the molecule is OC[C@@H]1CCCCC[C@@H]1NCc1ccn(-c2c(F)cccc2F)n1. The molecule has 4 nitrogen and oxygen atoms in total. The molecular weight excluding hydrogens is 312 g/mol. The first-order chi connectivity index (χ1) is 11.7. The molecule has 2 aromatic rings. The maximum Gasteiger partial charge on any atom is 0.151 e. The van der Waals surface area contributed by atoms with Crippen molar-refractivity contribution in [2.75, 3.05) is 6.61 Å². The van der Waals surface area contributed by atoms with Gasteiger partial charge < -0.3 is 10.4 Å². The van der Waals surface area contributed by atoms with Crippen molar-refractivity contribution in [3.05, 3.63) is 47.8 Å². The second-order valence-electron chi connectivity index (χ2n) is 6.39. The predicted octanol–water partition coefficient (Wildman–Crippen LogP) is 3.18. The maximum atomic E-state index is 13.8. The molecule has 0 bridgehead atoms. The van der Waals surface area contributed by atoms with E-state index in [1.807, 2.05) is 0 Å². The van der Waals surface area contributed by atoms with Crippen molar-refractivity contribution < 1.29 is 13.9 Å². The minimum Gasteiger partial charge on any atom is -0.396 e. The van der Waals surface area contributed by atoms with Crippen molar-refractivity contribution in [1.82, 2.24) is 15.1 Å². The third kappa shape index (κ3) is 3.82. The highest BCUT2D eigenvalue weighted by Gasteiger charge is 2.22. The van der Waals surface area contributed by atoms with E-state index in [2.05, 4.69) is 10.4 Å². The Bertz CT molecular complexity index is 654. The molecular formula is C18H23F2N3O. The molecule has 0 amide bonds. The summed E-state index contributed by atoms with van der Waals surface area (Å²) in [5, 5.41) is 17.3. The van der Waals surface area contributed by atoms with E-state index in [0.29, 0.717) is 6.54 Å². The van der Waals surface area contributed by atoms with Gasteiger partial charge in [-0.1, -0.05) is 25.3 Å². The highest BCUT2D eigenvalue weighted by atomic mass is 19.1. The van der Waals surface area contributed by atoms with E-state index in [9.17, 15) is 13.9 Å². The lowest BCUT2D eigenvalue weighted by Gasteiger charge is -2.24. The molecule has 130 valence electrons. The molecule has 0 unspecified atom stereocenters. The quantitative estimate of drug-likeness (QED) is 0.825. The lowest BCUT2D eigenvalue weighted by Crippen LogP contribution is -2.37. The third-order valence-electron chi connectivity index (χ3n) is 4.75. The summed E-state index contributed by atoms with van der Waals surface area (Å²) in [4.78, 5) is 0. The first kappa shape index (κ1) is 17.0. The molecule has 0 saturated heterocycles. The largest absolute Gasteiger partial charge is 0.396 e. The smallest absolute Gasteiger partial charge is 0.151 e. The molecule has 0 spiro atoms. The standard InChI is InChI=1S/C18H23F2N3O/c19-15-6-4-7-16(20)18(15)23-10-9-14(22-23)11-21-17-8-3-1-2-5-13(17)12-24/h4,6-7,9-10,13,17,21,24H,1-3,5,8,11-12H2/t13-,17-/m0/s1. The van der Waals surface area contributed by atoms with Crippen LogP contribution in [0.5, 0.6) is 0 Å². The second-order valence-corrected chi connectivity index (χ2v) is 6.39. The zero-order valence-electron chi connectivity index (χ0n) is 13.6. The summed E-state index contributed by atoms with van der Waals surface area (Å²) in [7, 11) is 0. The first-order valence-corrected chi connectivity index (χ1v) is 8.52. The number of hydrogen-bond acceptors (Lipinski definition) is 3. The van der Waals surface area contributed by atoms with Gasteiger partial charge in [-0.25, -0.2) is 13.5 Å². The van der Waals surface area contributed by atoms with Gasteiger partial charge in [0.15, 0.2) is 11.6 Å². The Morgan fingerprint density at radius 2 is 1.88 bits per heavy atom. The minimum atomic E-state index is -0.637. The summed E-state index contributed by atoms with van der Waals surface area (Å²) in [5.41, 5.74) is 0.560. The van der Waals surface area contributed by atoms with Crippen LogP contribution in [0.15, 0.2) is 30.5 Å². The monoisotopic (exact) mass is 335 g/mol. The number of aromatic nitrogens is 2. The van der Waals surface area contributed by atoms with Gasteiger partial charge in [0.05, 0.1) is 5.69 Å². The van der Waals surface area contributed by atoms with E-state index in [-0.39, 0.29) is 24.3 Å². The van der Waals surface area contributed by atoms with Gasteiger partial charge in [0.1, 0.15) is 5.69 Å². The van der Waals surface area contributed by atoms with Gasteiger partial charge in [0.25, 0.3) is 0 Å². The summed E-state index contributed by atoms with van der Waals surface area (Å²) in [6, 6.07) is 5.78. The third-order valence-corrected chi connectivity index (χ3v) is 4.75. The van der Waals surface area contributed by atoms with Gasteiger partial charge in [0, 0.05) is 25.4 Å². The molecule has 0 aliphatic heterocycles. The van der Waals surface area contributed by atoms with Crippen LogP contribution in [0, 0.1) is 17.6 Å². The minimum absolute atomic E-state index is 0.161. The molecule has 1 aromatic heterocycles. The van der Waals surface area contributed by atoms with Gasteiger partial charge in [-0.3, -0.25) is 0 Å². The molecule has 1 heterocycles. The lowest BCUT2D eigenvalue weighted by atomic mass is 9.95. The van der Waals surface area contributed by atoms with E-state index in [4.69, 9.17) is 0 Å². The topological polar surface area (TPSA) is 50.1 Å². The van der Waals surface area contributed by atoms with Gasteiger partial charge in [-0.2, -0.15) is 5.10 Å². The summed E-state index contributed by atoms with van der Waals surface area (Å²) < 4.78 is 28.9. The number of aliphatic hydroxyl groups excluding tert-OH is 1. The zero-order chi connectivity index (χ0) is 16.9. The van der Waals surface area contributed by atoms with E-state index < -0.39 is 11.6 Å². The fourth-order valence-electron chi connectivity index (χ4n) is 3.40.